The lowest BCUT2D eigenvalue weighted by Crippen LogP contribution is -1.92. The first-order valence-corrected chi connectivity index (χ1v) is 5.24. The number of benzene rings is 1. The van der Waals surface area contributed by atoms with E-state index in [0.717, 1.165) is 17.4 Å². The Balaban J connectivity index is 2.50. The van der Waals surface area contributed by atoms with Crippen LogP contribution in [0.2, 0.25) is 0 Å². The van der Waals surface area contributed by atoms with Crippen LogP contribution in [-0.4, -0.2) is 11.1 Å². The number of hydrogen-bond donors (Lipinski definition) is 1. The Morgan fingerprint density at radius 2 is 2.06 bits per heavy atom. The topological polar surface area (TPSA) is 37.3 Å². The van der Waals surface area contributed by atoms with Crippen LogP contribution in [0.15, 0.2) is 29.6 Å². The van der Waals surface area contributed by atoms with Crippen molar-refractivity contribution in [3.05, 3.63) is 46.8 Å². The quantitative estimate of drug-likeness (QED) is 0.873. The molecule has 1 N–H and O–H groups in total. The molecule has 0 aliphatic carbocycles. The van der Waals surface area contributed by atoms with Crippen LogP contribution in [0, 0.1) is 11.6 Å². The summed E-state index contributed by atoms with van der Waals surface area (Å²) in [5.74, 6) is -2.98. The molecule has 1 aromatic heterocycles. The van der Waals surface area contributed by atoms with Gasteiger partial charge in [-0.1, -0.05) is 12.1 Å². The smallest absolute Gasteiger partial charge is 0.336 e. The molecule has 0 unspecified atom stereocenters. The third kappa shape index (κ3) is 1.81. The highest BCUT2D eigenvalue weighted by Gasteiger charge is 2.13. The van der Waals surface area contributed by atoms with Crippen molar-refractivity contribution in [1.82, 2.24) is 0 Å². The molecule has 2 rings (SSSR count). The van der Waals surface area contributed by atoms with Crippen molar-refractivity contribution in [3.8, 4) is 10.4 Å². The maximum Gasteiger partial charge on any atom is 0.336 e. The second-order valence-corrected chi connectivity index (χ2v) is 4.02. The molecule has 0 spiro atoms. The van der Waals surface area contributed by atoms with Crippen molar-refractivity contribution in [2.24, 2.45) is 0 Å². The van der Waals surface area contributed by atoms with Crippen LogP contribution in [0.5, 0.6) is 0 Å². The number of halogens is 2. The van der Waals surface area contributed by atoms with Crippen LogP contribution < -0.4 is 0 Å². The van der Waals surface area contributed by atoms with E-state index in [1.165, 1.54) is 23.6 Å². The third-order valence-corrected chi connectivity index (χ3v) is 3.03. The summed E-state index contributed by atoms with van der Waals surface area (Å²) in [5.41, 5.74) is 0.154. The molecule has 2 nitrogen and oxygen atoms in total. The molecule has 0 saturated heterocycles. The number of carbonyl (C=O) groups is 1. The Kier molecular flexibility index (Phi) is 2.70. The Bertz CT molecular complexity index is 549. The second kappa shape index (κ2) is 4.02. The van der Waals surface area contributed by atoms with Crippen molar-refractivity contribution < 1.29 is 18.7 Å². The van der Waals surface area contributed by atoms with Gasteiger partial charge in [0.25, 0.3) is 0 Å². The zero-order valence-corrected chi connectivity index (χ0v) is 8.72. The summed E-state index contributed by atoms with van der Waals surface area (Å²) in [6.07, 6.45) is 0. The Hall–Kier alpha value is -1.75. The van der Waals surface area contributed by atoms with E-state index in [-0.39, 0.29) is 11.1 Å². The molecule has 0 amide bonds. The Morgan fingerprint density at radius 3 is 2.69 bits per heavy atom. The van der Waals surface area contributed by atoms with Gasteiger partial charge in [0.1, 0.15) is 0 Å². The highest BCUT2D eigenvalue weighted by atomic mass is 32.1. The maximum atomic E-state index is 13.4. The fourth-order valence-corrected chi connectivity index (χ4v) is 2.19. The fraction of sp³-hybridized carbons (Fsp3) is 0. The molecule has 0 fully saturated rings. The van der Waals surface area contributed by atoms with Gasteiger partial charge in [0.05, 0.1) is 5.56 Å². The average molecular weight is 240 g/mol. The minimum absolute atomic E-state index is 0.0728. The van der Waals surface area contributed by atoms with Crippen LogP contribution in [0.1, 0.15) is 10.4 Å². The highest BCUT2D eigenvalue weighted by molar-refractivity contribution is 7.13. The number of carboxylic acid groups (broad SMARTS) is 1. The highest BCUT2D eigenvalue weighted by Crippen LogP contribution is 2.30. The molecule has 0 atom stereocenters. The van der Waals surface area contributed by atoms with E-state index in [2.05, 4.69) is 0 Å². The molecule has 1 heterocycles. The molecule has 0 aliphatic heterocycles. The molecule has 1 aromatic carbocycles. The van der Waals surface area contributed by atoms with Crippen LogP contribution in [0.4, 0.5) is 8.78 Å². The molecule has 82 valence electrons. The van der Waals surface area contributed by atoms with Crippen LogP contribution in [-0.2, 0) is 0 Å². The standard InChI is InChI=1S/C11H6F2O2S/c12-8-3-1-2-7(10(8)13)9-4-6(5-16-9)11(14)15/h1-5H,(H,14,15). The first kappa shape index (κ1) is 10.8. The van der Waals surface area contributed by atoms with Crippen LogP contribution in [0.25, 0.3) is 10.4 Å². The molecule has 16 heavy (non-hydrogen) atoms. The zero-order chi connectivity index (χ0) is 11.7. The van der Waals surface area contributed by atoms with E-state index in [9.17, 15) is 13.6 Å². The average Bonchev–Trinajstić information content (AvgIpc) is 2.71. The third-order valence-electron chi connectivity index (χ3n) is 2.06. The summed E-state index contributed by atoms with van der Waals surface area (Å²) in [6, 6.07) is 5.14. The molecular formula is C11H6F2O2S. The second-order valence-electron chi connectivity index (χ2n) is 3.11. The Morgan fingerprint density at radius 1 is 1.31 bits per heavy atom. The summed E-state index contributed by atoms with van der Waals surface area (Å²) >= 11 is 1.07. The van der Waals surface area contributed by atoms with E-state index >= 15 is 0 Å². The number of aromatic carboxylic acids is 1. The largest absolute Gasteiger partial charge is 0.478 e. The summed E-state index contributed by atoms with van der Waals surface area (Å²) in [6.45, 7) is 0. The van der Waals surface area contributed by atoms with Gasteiger partial charge in [-0.15, -0.1) is 11.3 Å². The van der Waals surface area contributed by atoms with Crippen molar-refractivity contribution in [3.63, 3.8) is 0 Å². The molecule has 0 aliphatic rings. The lowest BCUT2D eigenvalue weighted by Gasteiger charge is -1.99. The molecule has 0 bridgehead atoms. The van der Waals surface area contributed by atoms with Crippen molar-refractivity contribution >= 4 is 17.3 Å². The van der Waals surface area contributed by atoms with Gasteiger partial charge in [-0.3, -0.25) is 0 Å². The van der Waals surface area contributed by atoms with Crippen molar-refractivity contribution in [2.75, 3.05) is 0 Å². The summed E-state index contributed by atoms with van der Waals surface area (Å²) < 4.78 is 26.3. The SMILES string of the molecule is O=C(O)c1csc(-c2cccc(F)c2F)c1. The van der Waals surface area contributed by atoms with Gasteiger partial charge in [-0.05, 0) is 12.1 Å². The van der Waals surface area contributed by atoms with E-state index in [4.69, 9.17) is 5.11 Å². The number of carboxylic acids is 1. The van der Waals surface area contributed by atoms with Gasteiger partial charge in [-0.2, -0.15) is 0 Å². The van der Waals surface area contributed by atoms with Crippen LogP contribution in [0.3, 0.4) is 0 Å². The summed E-state index contributed by atoms with van der Waals surface area (Å²) in [5, 5.41) is 10.1. The first-order valence-electron chi connectivity index (χ1n) is 4.36. The predicted octanol–water partition coefficient (Wildman–Crippen LogP) is 3.39. The molecule has 0 radical (unpaired) electrons. The number of rotatable bonds is 2. The Labute approximate surface area is 93.8 Å². The normalized spacial score (nSPS) is 10.4. The van der Waals surface area contributed by atoms with Gasteiger partial charge in [0.15, 0.2) is 11.6 Å². The monoisotopic (exact) mass is 240 g/mol. The summed E-state index contributed by atoms with van der Waals surface area (Å²) in [7, 11) is 0. The van der Waals surface area contributed by atoms with Gasteiger partial charge >= 0.3 is 5.97 Å². The van der Waals surface area contributed by atoms with Crippen LogP contribution >= 0.6 is 11.3 Å². The molecule has 0 saturated carbocycles. The molecular weight excluding hydrogens is 234 g/mol. The van der Waals surface area contributed by atoms with Gasteiger partial charge < -0.3 is 5.11 Å². The lowest BCUT2D eigenvalue weighted by atomic mass is 10.1. The van der Waals surface area contributed by atoms with E-state index in [1.807, 2.05) is 0 Å². The first-order chi connectivity index (χ1) is 7.59. The lowest BCUT2D eigenvalue weighted by molar-refractivity contribution is 0.0697. The molecule has 2 aromatic rings. The predicted molar refractivity (Wildman–Crippen MR) is 56.6 cm³/mol. The zero-order valence-electron chi connectivity index (χ0n) is 7.91. The minimum atomic E-state index is -1.08. The maximum absolute atomic E-state index is 13.4. The van der Waals surface area contributed by atoms with Gasteiger partial charge in [0.2, 0.25) is 0 Å². The number of thiophene rings is 1. The molecule has 5 heteroatoms. The number of hydrogen-bond acceptors (Lipinski definition) is 2. The van der Waals surface area contributed by atoms with E-state index < -0.39 is 17.6 Å². The van der Waals surface area contributed by atoms with E-state index in [1.54, 1.807) is 0 Å². The van der Waals surface area contributed by atoms with Gasteiger partial charge in [-0.25, -0.2) is 13.6 Å². The fourth-order valence-electron chi connectivity index (χ4n) is 1.28. The summed E-state index contributed by atoms with van der Waals surface area (Å²) in [4.78, 5) is 11.0. The van der Waals surface area contributed by atoms with Crippen molar-refractivity contribution in [2.45, 2.75) is 0 Å². The van der Waals surface area contributed by atoms with Crippen molar-refractivity contribution in [1.29, 1.82) is 0 Å². The minimum Gasteiger partial charge on any atom is -0.478 e. The van der Waals surface area contributed by atoms with Gasteiger partial charge in [0, 0.05) is 15.8 Å². The van der Waals surface area contributed by atoms with E-state index in [0.29, 0.717) is 4.88 Å².